The average Bonchev–Trinajstić information content (AvgIpc) is 2.90. The first-order valence-electron chi connectivity index (χ1n) is 12.1. The van der Waals surface area contributed by atoms with Crippen LogP contribution in [-0.4, -0.2) is 20.0 Å². The summed E-state index contributed by atoms with van der Waals surface area (Å²) in [6.07, 6.45) is 3.66. The van der Waals surface area contributed by atoms with Crippen molar-refractivity contribution in [2.24, 2.45) is 11.8 Å². The Morgan fingerprint density at radius 3 is 1.91 bits per heavy atom. The van der Waals surface area contributed by atoms with Gasteiger partial charge in [0.05, 0.1) is 32.5 Å². The molecule has 4 nitrogen and oxygen atoms in total. The van der Waals surface area contributed by atoms with Crippen molar-refractivity contribution >= 4 is 0 Å². The van der Waals surface area contributed by atoms with Crippen molar-refractivity contribution in [2.75, 3.05) is 13.7 Å². The van der Waals surface area contributed by atoms with Gasteiger partial charge >= 0.3 is 0 Å². The second kappa shape index (κ2) is 12.4. The molecular weight excluding hydrogens is 412 g/mol. The third kappa shape index (κ3) is 7.70. The number of methoxy groups -OCH3 is 1. The summed E-state index contributed by atoms with van der Waals surface area (Å²) in [5.41, 5.74) is 4.75. The number of fused-ring (bicyclic) bond motifs is 1. The van der Waals surface area contributed by atoms with Crippen LogP contribution >= 0.6 is 0 Å². The van der Waals surface area contributed by atoms with Gasteiger partial charge in [-0.05, 0) is 72.1 Å². The lowest BCUT2D eigenvalue weighted by Crippen LogP contribution is -2.19. The van der Waals surface area contributed by atoms with Crippen LogP contribution in [0, 0.1) is 11.8 Å². The Labute approximate surface area is 199 Å². The number of ether oxygens (including phenoxy) is 4. The lowest BCUT2D eigenvalue weighted by molar-refractivity contribution is -0.167. The number of benzene rings is 2. The molecule has 1 heterocycles. The molecule has 0 aromatic heterocycles. The Bertz CT molecular complexity index is 846. The first-order chi connectivity index (χ1) is 15.9. The fraction of sp³-hybridized carbons (Fsp3) is 0.517. The van der Waals surface area contributed by atoms with E-state index in [0.717, 1.165) is 29.7 Å². The Morgan fingerprint density at radius 1 is 0.879 bits per heavy atom. The molecule has 0 fully saturated rings. The molecule has 0 spiro atoms. The van der Waals surface area contributed by atoms with E-state index in [9.17, 15) is 0 Å². The van der Waals surface area contributed by atoms with Gasteiger partial charge in [0, 0.05) is 0 Å². The molecule has 2 aromatic carbocycles. The highest BCUT2D eigenvalue weighted by atomic mass is 16.7. The fourth-order valence-corrected chi connectivity index (χ4v) is 4.23. The van der Waals surface area contributed by atoms with E-state index in [1.807, 2.05) is 24.3 Å². The monoisotopic (exact) mass is 452 g/mol. The molecule has 33 heavy (non-hydrogen) atoms. The van der Waals surface area contributed by atoms with Crippen LogP contribution < -0.4 is 4.74 Å². The minimum Gasteiger partial charge on any atom is -0.497 e. The predicted octanol–water partition coefficient (Wildman–Crippen LogP) is 7.41. The van der Waals surface area contributed by atoms with Crippen LogP contribution in [0.25, 0.3) is 0 Å². The molecule has 180 valence electrons. The first-order valence-corrected chi connectivity index (χ1v) is 12.1. The molecule has 0 bridgehead atoms. The van der Waals surface area contributed by atoms with E-state index in [0.29, 0.717) is 25.0 Å². The summed E-state index contributed by atoms with van der Waals surface area (Å²) in [5, 5.41) is 0. The number of hydrogen-bond acceptors (Lipinski definition) is 4. The molecule has 1 aliphatic rings. The molecule has 4 heteroatoms. The van der Waals surface area contributed by atoms with Crippen molar-refractivity contribution in [3.8, 4) is 5.75 Å². The van der Waals surface area contributed by atoms with Crippen molar-refractivity contribution in [1.29, 1.82) is 0 Å². The second-order valence-electron chi connectivity index (χ2n) is 9.86. The fourth-order valence-electron chi connectivity index (χ4n) is 4.23. The van der Waals surface area contributed by atoms with E-state index in [-0.39, 0.29) is 12.2 Å². The zero-order valence-corrected chi connectivity index (χ0v) is 21.0. The summed E-state index contributed by atoms with van der Waals surface area (Å²) in [4.78, 5) is 0. The van der Waals surface area contributed by atoms with Gasteiger partial charge in [-0.3, -0.25) is 0 Å². The van der Waals surface area contributed by atoms with Crippen molar-refractivity contribution in [1.82, 2.24) is 0 Å². The maximum atomic E-state index is 6.55. The zero-order chi connectivity index (χ0) is 23.8. The van der Waals surface area contributed by atoms with Crippen LogP contribution in [0.5, 0.6) is 5.75 Å². The zero-order valence-electron chi connectivity index (χ0n) is 21.0. The molecule has 0 radical (unpaired) electrons. The van der Waals surface area contributed by atoms with Gasteiger partial charge in [0.15, 0.2) is 6.29 Å². The Kier molecular flexibility index (Phi) is 9.54. The third-order valence-corrected chi connectivity index (χ3v) is 5.84. The van der Waals surface area contributed by atoms with Crippen LogP contribution in [0.15, 0.2) is 60.2 Å². The number of rotatable bonds is 10. The predicted molar refractivity (Wildman–Crippen MR) is 133 cm³/mol. The third-order valence-electron chi connectivity index (χ3n) is 5.84. The minimum absolute atomic E-state index is 0.0210. The largest absolute Gasteiger partial charge is 0.497 e. The lowest BCUT2D eigenvalue weighted by Gasteiger charge is -2.23. The summed E-state index contributed by atoms with van der Waals surface area (Å²) in [7, 11) is 1.67. The SMILES string of the molecule is COc1ccc(COC/C(C)=C/C2OC(CC(C)C)c3ccccc3C(CC(C)C)O2)cc1. The van der Waals surface area contributed by atoms with E-state index >= 15 is 0 Å². The highest BCUT2D eigenvalue weighted by molar-refractivity contribution is 5.32. The molecule has 0 amide bonds. The van der Waals surface area contributed by atoms with Crippen LogP contribution in [0.3, 0.4) is 0 Å². The highest BCUT2D eigenvalue weighted by Crippen LogP contribution is 2.40. The quantitative estimate of drug-likeness (QED) is 0.352. The van der Waals surface area contributed by atoms with E-state index in [2.05, 4.69) is 65.0 Å². The van der Waals surface area contributed by atoms with Crippen molar-refractivity contribution in [3.05, 3.63) is 76.9 Å². The van der Waals surface area contributed by atoms with Crippen LogP contribution in [0.4, 0.5) is 0 Å². The summed E-state index contributed by atoms with van der Waals surface area (Å²) in [6.45, 7) is 12.1. The van der Waals surface area contributed by atoms with Crippen molar-refractivity contribution in [2.45, 2.75) is 72.6 Å². The van der Waals surface area contributed by atoms with E-state index in [4.69, 9.17) is 18.9 Å². The van der Waals surface area contributed by atoms with Crippen LogP contribution in [0.1, 0.15) is 76.4 Å². The maximum absolute atomic E-state index is 6.55. The summed E-state index contributed by atoms with van der Waals surface area (Å²) in [5.74, 6) is 1.91. The van der Waals surface area contributed by atoms with Gasteiger partial charge in [0.1, 0.15) is 5.75 Å². The van der Waals surface area contributed by atoms with Gasteiger partial charge in [-0.1, -0.05) is 64.1 Å². The second-order valence-corrected chi connectivity index (χ2v) is 9.86. The summed E-state index contributed by atoms with van der Waals surface area (Å²) < 4.78 is 24.3. The smallest absolute Gasteiger partial charge is 0.178 e. The van der Waals surface area contributed by atoms with Gasteiger partial charge in [0.25, 0.3) is 0 Å². The molecule has 0 saturated heterocycles. The Balaban J connectivity index is 1.71. The highest BCUT2D eigenvalue weighted by Gasteiger charge is 2.31. The molecule has 2 aromatic rings. The van der Waals surface area contributed by atoms with Crippen molar-refractivity contribution in [3.63, 3.8) is 0 Å². The van der Waals surface area contributed by atoms with Gasteiger partial charge in [-0.2, -0.15) is 0 Å². The van der Waals surface area contributed by atoms with E-state index < -0.39 is 6.29 Å². The molecule has 0 saturated carbocycles. The molecule has 2 atom stereocenters. The van der Waals surface area contributed by atoms with E-state index in [1.165, 1.54) is 11.1 Å². The Hall–Kier alpha value is -2.14. The summed E-state index contributed by atoms with van der Waals surface area (Å²) in [6, 6.07) is 16.6. The molecular formula is C29H40O4. The van der Waals surface area contributed by atoms with E-state index in [1.54, 1.807) is 7.11 Å². The van der Waals surface area contributed by atoms with Gasteiger partial charge in [-0.15, -0.1) is 0 Å². The minimum atomic E-state index is -0.394. The molecule has 2 unspecified atom stereocenters. The first kappa shape index (κ1) is 25.5. The maximum Gasteiger partial charge on any atom is 0.178 e. The van der Waals surface area contributed by atoms with Gasteiger partial charge < -0.3 is 18.9 Å². The average molecular weight is 453 g/mol. The molecule has 1 aliphatic heterocycles. The molecule has 0 N–H and O–H groups in total. The molecule has 3 rings (SSSR count). The van der Waals surface area contributed by atoms with Gasteiger partial charge in [-0.25, -0.2) is 0 Å². The van der Waals surface area contributed by atoms with Gasteiger partial charge in [0.2, 0.25) is 0 Å². The van der Waals surface area contributed by atoms with Crippen LogP contribution in [-0.2, 0) is 20.8 Å². The molecule has 0 aliphatic carbocycles. The standard InChI is InChI=1S/C29H40O4/c1-20(2)15-27-25-9-7-8-10-26(25)28(16-21(3)4)33-29(32-27)17-22(5)18-31-19-23-11-13-24(30-6)14-12-23/h7-14,17,20-21,27-29H,15-16,18-19H2,1-6H3/b22-17+. The topological polar surface area (TPSA) is 36.9 Å². The normalized spacial score (nSPS) is 21.2. The lowest BCUT2D eigenvalue weighted by atomic mass is 9.90. The summed E-state index contributed by atoms with van der Waals surface area (Å²) >= 11 is 0. The van der Waals surface area contributed by atoms with Crippen molar-refractivity contribution < 1.29 is 18.9 Å². The van der Waals surface area contributed by atoms with Crippen LogP contribution in [0.2, 0.25) is 0 Å². The Morgan fingerprint density at radius 2 is 1.42 bits per heavy atom. The number of hydrogen-bond donors (Lipinski definition) is 0.